The van der Waals surface area contributed by atoms with E-state index in [-0.39, 0.29) is 29.0 Å². The van der Waals surface area contributed by atoms with Gasteiger partial charge in [0.1, 0.15) is 29.4 Å². The number of piperidine rings is 1. The molecule has 0 aromatic heterocycles. The third kappa shape index (κ3) is 4.87. The first kappa shape index (κ1) is 26.1. The molecule has 0 radical (unpaired) electrons. The van der Waals surface area contributed by atoms with Crippen molar-refractivity contribution in [1.29, 1.82) is 0 Å². The number of likely N-dealkylation sites (N-methyl/N-ethyl adjacent to an activating group) is 1. The highest BCUT2D eigenvalue weighted by Crippen LogP contribution is 2.39. The second-order valence-electron chi connectivity index (χ2n) is 10.00. The molecule has 2 fully saturated rings. The third-order valence-corrected chi connectivity index (χ3v) is 7.27. The van der Waals surface area contributed by atoms with E-state index in [0.29, 0.717) is 38.2 Å². The van der Waals surface area contributed by atoms with Gasteiger partial charge in [-0.1, -0.05) is 13.8 Å². The number of hydrogen-bond donors (Lipinski definition) is 2. The van der Waals surface area contributed by atoms with Crippen molar-refractivity contribution >= 4 is 29.7 Å². The number of phenols is 1. The van der Waals surface area contributed by atoms with Gasteiger partial charge in [-0.2, -0.15) is 0 Å². The quantitative estimate of drug-likeness (QED) is 0.578. The zero-order valence-corrected chi connectivity index (χ0v) is 21.1. The number of amides is 3. The van der Waals surface area contributed by atoms with Crippen LogP contribution in [0.25, 0.3) is 0 Å². The number of nitrogens with zero attached hydrogens (tertiary/aromatic N) is 3. The molecule has 10 heteroatoms. The molecule has 37 heavy (non-hydrogen) atoms. The summed E-state index contributed by atoms with van der Waals surface area (Å²) < 4.78 is 14.2. The number of likely N-dealkylation sites (tertiary alicyclic amines) is 1. The normalized spacial score (nSPS) is 17.9. The molecule has 2 N–H and O–H groups in total. The summed E-state index contributed by atoms with van der Waals surface area (Å²) in [6.45, 7) is 4.58. The number of carbonyl (C=O) groups is 4. The van der Waals surface area contributed by atoms with Crippen LogP contribution in [0.15, 0.2) is 42.5 Å². The predicted molar refractivity (Wildman–Crippen MR) is 135 cm³/mol. The lowest BCUT2D eigenvalue weighted by molar-refractivity contribution is -0.139. The largest absolute Gasteiger partial charge is 0.508 e. The van der Waals surface area contributed by atoms with Crippen LogP contribution < -0.4 is 10.2 Å². The van der Waals surface area contributed by atoms with Gasteiger partial charge in [0.25, 0.3) is 5.91 Å². The van der Waals surface area contributed by atoms with Crippen LogP contribution in [-0.2, 0) is 9.59 Å². The Labute approximate surface area is 214 Å². The second-order valence-corrected chi connectivity index (χ2v) is 10.00. The lowest BCUT2D eigenvalue weighted by Gasteiger charge is -2.44. The SMILES string of the molecule is CC(C)[C@@H](NC(=O)c1cc(O)ccc1F)C(=O)N1CCC2(CC1)C(=O)N(C)CN2c1ccc(C=O)cc1. The number of carbonyl (C=O) groups excluding carboxylic acids is 4. The van der Waals surface area contributed by atoms with Gasteiger partial charge in [0, 0.05) is 31.4 Å². The van der Waals surface area contributed by atoms with Crippen molar-refractivity contribution in [2.45, 2.75) is 38.3 Å². The second kappa shape index (κ2) is 10.2. The van der Waals surface area contributed by atoms with E-state index in [1.807, 2.05) is 17.0 Å². The average molecular weight is 511 g/mol. The Kier molecular flexibility index (Phi) is 7.20. The van der Waals surface area contributed by atoms with Crippen LogP contribution in [0.5, 0.6) is 5.75 Å². The highest BCUT2D eigenvalue weighted by Gasteiger charge is 2.53. The third-order valence-electron chi connectivity index (χ3n) is 7.27. The Hall–Kier alpha value is -3.95. The minimum Gasteiger partial charge on any atom is -0.508 e. The Morgan fingerprint density at radius 1 is 1.11 bits per heavy atom. The molecule has 0 unspecified atom stereocenters. The van der Waals surface area contributed by atoms with Crippen molar-refractivity contribution in [2.24, 2.45) is 5.92 Å². The zero-order chi connectivity index (χ0) is 26.9. The fraction of sp³-hybridized carbons (Fsp3) is 0.407. The number of hydrogen-bond acceptors (Lipinski definition) is 6. The molecule has 3 amide bonds. The minimum absolute atomic E-state index is 0.0212. The van der Waals surface area contributed by atoms with Crippen molar-refractivity contribution in [3.05, 3.63) is 59.4 Å². The summed E-state index contributed by atoms with van der Waals surface area (Å²) in [5.74, 6) is -2.44. The zero-order valence-electron chi connectivity index (χ0n) is 21.1. The molecule has 2 saturated heterocycles. The van der Waals surface area contributed by atoms with E-state index in [0.717, 1.165) is 30.2 Å². The maximum Gasteiger partial charge on any atom is 0.255 e. The van der Waals surface area contributed by atoms with E-state index >= 15 is 0 Å². The number of anilines is 1. The molecule has 0 saturated carbocycles. The Bertz CT molecular complexity index is 1210. The summed E-state index contributed by atoms with van der Waals surface area (Å²) in [5.41, 5.74) is 0.218. The predicted octanol–water partition coefficient (Wildman–Crippen LogP) is 2.40. The molecule has 2 heterocycles. The Morgan fingerprint density at radius 3 is 2.35 bits per heavy atom. The van der Waals surface area contributed by atoms with Gasteiger partial charge in [0.2, 0.25) is 11.8 Å². The minimum atomic E-state index is -0.905. The molecule has 196 valence electrons. The summed E-state index contributed by atoms with van der Waals surface area (Å²) in [5, 5.41) is 12.3. The summed E-state index contributed by atoms with van der Waals surface area (Å²) in [7, 11) is 1.74. The van der Waals surface area contributed by atoms with Crippen LogP contribution in [0.1, 0.15) is 47.4 Å². The number of rotatable bonds is 6. The number of phenolic OH excluding ortho intramolecular Hbond substituents is 1. The first-order valence-electron chi connectivity index (χ1n) is 12.2. The number of aromatic hydroxyl groups is 1. The van der Waals surface area contributed by atoms with Crippen LogP contribution in [0.4, 0.5) is 10.1 Å². The van der Waals surface area contributed by atoms with E-state index in [4.69, 9.17) is 0 Å². The lowest BCUT2D eigenvalue weighted by atomic mass is 9.85. The molecule has 4 rings (SSSR count). The van der Waals surface area contributed by atoms with Crippen molar-refractivity contribution in [1.82, 2.24) is 15.1 Å². The van der Waals surface area contributed by atoms with Crippen LogP contribution in [-0.4, -0.2) is 77.3 Å². The molecule has 2 aromatic rings. The lowest BCUT2D eigenvalue weighted by Crippen LogP contribution is -2.60. The highest BCUT2D eigenvalue weighted by atomic mass is 19.1. The number of aldehydes is 1. The van der Waals surface area contributed by atoms with E-state index < -0.39 is 23.3 Å². The van der Waals surface area contributed by atoms with E-state index in [2.05, 4.69) is 5.32 Å². The Balaban J connectivity index is 1.50. The molecule has 2 aromatic carbocycles. The average Bonchev–Trinajstić information content (AvgIpc) is 3.13. The maximum atomic E-state index is 14.2. The van der Waals surface area contributed by atoms with Gasteiger partial charge in [-0.3, -0.25) is 19.2 Å². The van der Waals surface area contributed by atoms with Crippen LogP contribution >= 0.6 is 0 Å². The monoisotopic (exact) mass is 510 g/mol. The molecule has 2 aliphatic heterocycles. The fourth-order valence-corrected chi connectivity index (χ4v) is 5.14. The van der Waals surface area contributed by atoms with E-state index in [1.165, 1.54) is 0 Å². The number of halogens is 1. The van der Waals surface area contributed by atoms with Gasteiger partial charge >= 0.3 is 0 Å². The molecule has 9 nitrogen and oxygen atoms in total. The Morgan fingerprint density at radius 2 is 1.76 bits per heavy atom. The summed E-state index contributed by atoms with van der Waals surface area (Å²) in [6.07, 6.45) is 1.57. The van der Waals surface area contributed by atoms with Gasteiger partial charge in [0.15, 0.2) is 0 Å². The molecule has 1 spiro atoms. The van der Waals surface area contributed by atoms with Crippen LogP contribution in [0.3, 0.4) is 0 Å². The first-order chi connectivity index (χ1) is 17.6. The molecular weight excluding hydrogens is 479 g/mol. The van der Waals surface area contributed by atoms with Gasteiger partial charge in [-0.15, -0.1) is 0 Å². The van der Waals surface area contributed by atoms with Crippen molar-refractivity contribution in [3.63, 3.8) is 0 Å². The van der Waals surface area contributed by atoms with Gasteiger partial charge in [-0.05, 0) is 61.2 Å². The summed E-state index contributed by atoms with van der Waals surface area (Å²) in [4.78, 5) is 55.8. The maximum absolute atomic E-state index is 14.2. The molecular formula is C27H31FN4O5. The first-order valence-corrected chi connectivity index (χ1v) is 12.2. The number of benzene rings is 2. The molecule has 2 aliphatic rings. The topological polar surface area (TPSA) is 110 Å². The fourth-order valence-electron chi connectivity index (χ4n) is 5.14. The molecule has 1 atom stereocenters. The van der Waals surface area contributed by atoms with Gasteiger partial charge in [-0.25, -0.2) is 4.39 Å². The van der Waals surface area contributed by atoms with Crippen LogP contribution in [0, 0.1) is 11.7 Å². The summed E-state index contributed by atoms with van der Waals surface area (Å²) in [6, 6.07) is 9.32. The van der Waals surface area contributed by atoms with Gasteiger partial charge in [0.05, 0.1) is 12.2 Å². The van der Waals surface area contributed by atoms with Gasteiger partial charge < -0.3 is 25.1 Å². The highest BCUT2D eigenvalue weighted by molar-refractivity contribution is 5.98. The van der Waals surface area contributed by atoms with Crippen molar-refractivity contribution in [2.75, 3.05) is 31.7 Å². The summed E-state index contributed by atoms with van der Waals surface area (Å²) >= 11 is 0. The smallest absolute Gasteiger partial charge is 0.255 e. The van der Waals surface area contributed by atoms with Crippen molar-refractivity contribution < 1.29 is 28.7 Å². The van der Waals surface area contributed by atoms with E-state index in [1.54, 1.807) is 42.8 Å². The molecule has 0 aliphatic carbocycles. The molecule has 0 bridgehead atoms. The number of nitrogens with one attached hydrogen (secondary N) is 1. The standard InChI is InChI=1S/C27H31FN4O5/c1-17(2)23(29-24(35)21-14-20(34)8-9-22(21)28)25(36)31-12-10-27(11-13-31)26(37)30(3)16-32(27)19-6-4-18(15-33)5-7-19/h4-9,14-15,17,23,34H,10-13,16H2,1-3H3,(H,29,35)/t23-/m1/s1. The van der Waals surface area contributed by atoms with Crippen LogP contribution in [0.2, 0.25) is 0 Å². The van der Waals surface area contributed by atoms with Crippen molar-refractivity contribution in [3.8, 4) is 5.75 Å². The van der Waals surface area contributed by atoms with E-state index in [9.17, 15) is 28.7 Å².